The molecule has 1 amide bonds. The molecule has 0 saturated carbocycles. The fraction of sp³-hybridized carbons (Fsp3) is 0.0938. The summed E-state index contributed by atoms with van der Waals surface area (Å²) in [5, 5.41) is 21.7. The summed E-state index contributed by atoms with van der Waals surface area (Å²) in [6.45, 7) is 0.604. The molecule has 0 spiro atoms. The topological polar surface area (TPSA) is 104 Å². The fourth-order valence-electron chi connectivity index (χ4n) is 3.72. The molecule has 4 aromatic carbocycles. The normalized spacial score (nSPS) is 10.7. The van der Waals surface area contributed by atoms with Crippen LogP contribution >= 0.6 is 15.9 Å². The van der Waals surface area contributed by atoms with E-state index in [1.54, 1.807) is 48.5 Å². The van der Waals surface area contributed by atoms with Gasteiger partial charge in [-0.3, -0.25) is 4.79 Å². The van der Waals surface area contributed by atoms with Crippen molar-refractivity contribution in [2.24, 2.45) is 0 Å². The summed E-state index contributed by atoms with van der Waals surface area (Å²) in [4.78, 5) is 12.9. The Kier molecular flexibility index (Phi) is 9.55. The maximum Gasteiger partial charge on any atom is 0.266 e. The molecule has 0 heterocycles. The minimum absolute atomic E-state index is 0.0937. The molecular formula is C32H24BrN3O4. The van der Waals surface area contributed by atoms with E-state index in [9.17, 15) is 15.3 Å². The zero-order chi connectivity index (χ0) is 28.3. The summed E-state index contributed by atoms with van der Waals surface area (Å²) in [6.07, 6.45) is 1.47. The number of methoxy groups -OCH3 is 1. The molecule has 40 heavy (non-hydrogen) atoms. The van der Waals surface area contributed by atoms with Crippen LogP contribution in [0.3, 0.4) is 0 Å². The molecule has 0 atom stereocenters. The number of amides is 1. The second kappa shape index (κ2) is 13.7. The lowest BCUT2D eigenvalue weighted by Gasteiger charge is -2.14. The van der Waals surface area contributed by atoms with Crippen molar-refractivity contribution in [1.82, 2.24) is 0 Å². The molecule has 0 fully saturated rings. The molecule has 1 N–H and O–H groups in total. The van der Waals surface area contributed by atoms with Crippen LogP contribution < -0.4 is 19.5 Å². The smallest absolute Gasteiger partial charge is 0.266 e. The molecule has 0 aliphatic heterocycles. The van der Waals surface area contributed by atoms with Crippen molar-refractivity contribution in [3.63, 3.8) is 0 Å². The number of hydrogen-bond acceptors (Lipinski definition) is 6. The fourth-order valence-corrected chi connectivity index (χ4v) is 4.16. The molecule has 8 heteroatoms. The van der Waals surface area contributed by atoms with Crippen LogP contribution in [0.5, 0.6) is 17.2 Å². The van der Waals surface area contributed by atoms with Crippen molar-refractivity contribution >= 4 is 33.6 Å². The third kappa shape index (κ3) is 7.28. The van der Waals surface area contributed by atoms with Gasteiger partial charge in [-0.15, -0.1) is 0 Å². The Bertz CT molecular complexity index is 1600. The average molecular weight is 594 g/mol. The lowest BCUT2D eigenvalue weighted by molar-refractivity contribution is -0.112. The summed E-state index contributed by atoms with van der Waals surface area (Å²) in [6, 6.07) is 31.4. The number of benzene rings is 4. The molecule has 0 unspecified atom stereocenters. The van der Waals surface area contributed by atoms with Gasteiger partial charge in [-0.1, -0.05) is 64.5 Å². The van der Waals surface area contributed by atoms with E-state index in [-0.39, 0.29) is 12.2 Å². The van der Waals surface area contributed by atoms with E-state index >= 15 is 0 Å². The van der Waals surface area contributed by atoms with Gasteiger partial charge in [0, 0.05) is 15.7 Å². The predicted molar refractivity (Wildman–Crippen MR) is 156 cm³/mol. The van der Waals surface area contributed by atoms with Crippen LogP contribution in [0.4, 0.5) is 5.69 Å². The molecule has 4 aromatic rings. The number of nitrogens with one attached hydrogen (secondary N) is 1. The van der Waals surface area contributed by atoms with Crippen molar-refractivity contribution < 1.29 is 19.0 Å². The van der Waals surface area contributed by atoms with Gasteiger partial charge >= 0.3 is 0 Å². The van der Waals surface area contributed by atoms with Gasteiger partial charge in [0.25, 0.3) is 5.91 Å². The van der Waals surface area contributed by atoms with Crippen molar-refractivity contribution in [1.29, 1.82) is 10.5 Å². The SMILES string of the molecule is COc1cc(/C=C(\C#N)C(=O)Nc2ccc(OCc3ccccc3)cc2)c(Br)cc1OCc1ccccc1C#N. The standard InChI is InChI=1S/C32H24BrN3O4/c1-38-30-16-25(29(33)17-31(30)40-21-24-10-6-5-9-23(24)18-34)15-26(19-35)32(37)36-27-11-13-28(14-12-27)39-20-22-7-3-2-4-8-22/h2-17H,20-21H2,1H3,(H,36,37)/b26-15+. The Hall–Kier alpha value is -5.05. The van der Waals surface area contributed by atoms with Gasteiger partial charge in [-0.25, -0.2) is 0 Å². The number of nitrogens with zero attached hydrogens (tertiary/aromatic N) is 2. The first-order chi connectivity index (χ1) is 19.5. The highest BCUT2D eigenvalue weighted by Crippen LogP contribution is 2.35. The number of halogens is 1. The Morgan fingerprint density at radius 1 is 0.900 bits per heavy atom. The minimum atomic E-state index is -0.556. The molecule has 7 nitrogen and oxygen atoms in total. The zero-order valence-corrected chi connectivity index (χ0v) is 23.1. The number of ether oxygens (including phenoxy) is 3. The Labute approximate surface area is 241 Å². The lowest BCUT2D eigenvalue weighted by atomic mass is 10.1. The summed E-state index contributed by atoms with van der Waals surface area (Å²) in [5.74, 6) is 0.955. The van der Waals surface area contributed by atoms with Crippen molar-refractivity contribution in [2.45, 2.75) is 13.2 Å². The molecule has 4 rings (SSSR count). The van der Waals surface area contributed by atoms with E-state index in [0.717, 1.165) is 11.1 Å². The number of carbonyl (C=O) groups excluding carboxylic acids is 1. The largest absolute Gasteiger partial charge is 0.493 e. The van der Waals surface area contributed by atoms with Gasteiger partial charge in [0.1, 0.15) is 30.6 Å². The maximum absolute atomic E-state index is 12.9. The first-order valence-electron chi connectivity index (χ1n) is 12.2. The first kappa shape index (κ1) is 28.0. The predicted octanol–water partition coefficient (Wildman–Crippen LogP) is 7.03. The highest BCUT2D eigenvalue weighted by atomic mass is 79.9. The van der Waals surface area contributed by atoms with Crippen LogP contribution in [0.25, 0.3) is 6.08 Å². The Balaban J connectivity index is 1.44. The van der Waals surface area contributed by atoms with E-state index in [4.69, 9.17) is 14.2 Å². The number of nitriles is 2. The van der Waals surface area contributed by atoms with E-state index < -0.39 is 5.91 Å². The molecule has 0 aliphatic rings. The second-order valence-electron chi connectivity index (χ2n) is 8.50. The summed E-state index contributed by atoms with van der Waals surface area (Å²) in [5.41, 5.74) is 3.30. The van der Waals surface area contributed by atoms with E-state index in [1.165, 1.54) is 13.2 Å². The molecule has 0 radical (unpaired) electrons. The van der Waals surface area contributed by atoms with Crippen molar-refractivity contribution in [3.8, 4) is 29.4 Å². The van der Waals surface area contributed by atoms with Crippen LogP contribution in [-0.4, -0.2) is 13.0 Å². The monoisotopic (exact) mass is 593 g/mol. The van der Waals surface area contributed by atoms with Crippen LogP contribution in [0.2, 0.25) is 0 Å². The van der Waals surface area contributed by atoms with Crippen LogP contribution in [0.1, 0.15) is 22.3 Å². The lowest BCUT2D eigenvalue weighted by Crippen LogP contribution is -2.13. The number of hydrogen-bond donors (Lipinski definition) is 1. The van der Waals surface area contributed by atoms with E-state index in [1.807, 2.05) is 48.5 Å². The third-order valence-corrected chi connectivity index (χ3v) is 6.52. The van der Waals surface area contributed by atoms with Crippen LogP contribution in [0.15, 0.2) is 101 Å². The van der Waals surface area contributed by atoms with E-state index in [2.05, 4.69) is 27.3 Å². The number of anilines is 1. The van der Waals surface area contributed by atoms with Gasteiger partial charge in [0.05, 0.1) is 18.7 Å². The van der Waals surface area contributed by atoms with Crippen LogP contribution in [-0.2, 0) is 18.0 Å². The van der Waals surface area contributed by atoms with Crippen molar-refractivity contribution in [2.75, 3.05) is 12.4 Å². The second-order valence-corrected chi connectivity index (χ2v) is 9.36. The third-order valence-electron chi connectivity index (χ3n) is 5.83. The maximum atomic E-state index is 12.9. The number of rotatable bonds is 10. The molecule has 0 aromatic heterocycles. The van der Waals surface area contributed by atoms with Crippen molar-refractivity contribution in [3.05, 3.63) is 123 Å². The Morgan fingerprint density at radius 3 is 2.33 bits per heavy atom. The van der Waals surface area contributed by atoms with Crippen LogP contribution in [0, 0.1) is 22.7 Å². The van der Waals surface area contributed by atoms with Gasteiger partial charge in [-0.05, 0) is 59.7 Å². The Morgan fingerprint density at radius 2 is 1.62 bits per heavy atom. The van der Waals surface area contributed by atoms with E-state index in [0.29, 0.717) is 45.1 Å². The van der Waals surface area contributed by atoms with Gasteiger partial charge in [-0.2, -0.15) is 10.5 Å². The number of carbonyl (C=O) groups is 1. The highest BCUT2D eigenvalue weighted by Gasteiger charge is 2.15. The van der Waals surface area contributed by atoms with Gasteiger partial charge in [0.2, 0.25) is 0 Å². The molecular weight excluding hydrogens is 570 g/mol. The summed E-state index contributed by atoms with van der Waals surface area (Å²) >= 11 is 3.49. The molecule has 198 valence electrons. The van der Waals surface area contributed by atoms with Gasteiger partial charge in [0.15, 0.2) is 11.5 Å². The molecule has 0 saturated heterocycles. The summed E-state index contributed by atoms with van der Waals surface area (Å²) in [7, 11) is 1.50. The highest BCUT2D eigenvalue weighted by molar-refractivity contribution is 9.10. The van der Waals surface area contributed by atoms with Gasteiger partial charge < -0.3 is 19.5 Å². The average Bonchev–Trinajstić information content (AvgIpc) is 2.99. The zero-order valence-electron chi connectivity index (χ0n) is 21.6. The summed E-state index contributed by atoms with van der Waals surface area (Å²) < 4.78 is 17.8. The molecule has 0 aliphatic carbocycles. The minimum Gasteiger partial charge on any atom is -0.493 e. The first-order valence-corrected chi connectivity index (χ1v) is 13.0. The molecule has 0 bridgehead atoms. The quantitative estimate of drug-likeness (QED) is 0.156.